The molecule has 0 bridgehead atoms. The molecule has 10 heteroatoms. The number of carboxylic acid groups (broad SMARTS) is 1. The normalized spacial score (nSPS) is 11.7. The molecule has 0 radical (unpaired) electrons. The highest BCUT2D eigenvalue weighted by molar-refractivity contribution is 9.10. The molecule has 0 aliphatic rings. The van der Waals surface area contributed by atoms with Crippen LogP contribution >= 0.6 is 27.7 Å². The second-order valence-corrected chi connectivity index (χ2v) is 7.83. The number of thioether (sulfide) groups is 1. The van der Waals surface area contributed by atoms with E-state index < -0.39 is 10.9 Å². The third-order valence-electron chi connectivity index (χ3n) is 4.01. The van der Waals surface area contributed by atoms with E-state index >= 15 is 0 Å². The van der Waals surface area contributed by atoms with E-state index in [4.69, 9.17) is 8.83 Å². The zero-order valence-electron chi connectivity index (χ0n) is 14.9. The molecule has 0 aliphatic carbocycles. The molecular weight excluding hydrogens is 476 g/mol. The van der Waals surface area contributed by atoms with Gasteiger partial charge in [0.1, 0.15) is 21.9 Å². The van der Waals surface area contributed by atoms with Crippen LogP contribution < -0.4 is 0 Å². The predicted molar refractivity (Wildman–Crippen MR) is 114 cm³/mol. The van der Waals surface area contributed by atoms with Crippen molar-refractivity contribution in [2.45, 2.75) is 5.22 Å². The number of para-hydroxylation sites is 2. The summed E-state index contributed by atoms with van der Waals surface area (Å²) in [7, 11) is 0. The summed E-state index contributed by atoms with van der Waals surface area (Å²) in [6.07, 6.45) is 1.37. The van der Waals surface area contributed by atoms with Gasteiger partial charge in [-0.05, 0) is 58.0 Å². The van der Waals surface area contributed by atoms with Gasteiger partial charge in [0.15, 0.2) is 5.58 Å². The van der Waals surface area contributed by atoms with Crippen LogP contribution in [0.3, 0.4) is 0 Å². The minimum Gasteiger partial charge on any atom is -0.477 e. The number of fused-ring (bicyclic) bond motifs is 1. The lowest BCUT2D eigenvalue weighted by Crippen LogP contribution is -1.96. The Hall–Kier alpha value is -3.37. The number of nitro groups is 1. The number of benzene rings is 2. The quantitative estimate of drug-likeness (QED) is 0.153. The van der Waals surface area contributed by atoms with Crippen molar-refractivity contribution in [3.8, 4) is 11.3 Å². The first kappa shape index (κ1) is 19.9. The van der Waals surface area contributed by atoms with Crippen molar-refractivity contribution in [3.63, 3.8) is 0 Å². The summed E-state index contributed by atoms with van der Waals surface area (Å²) in [4.78, 5) is 26.3. The van der Waals surface area contributed by atoms with Gasteiger partial charge in [0.2, 0.25) is 0 Å². The maximum Gasteiger partial charge on any atom is 0.342 e. The molecular formula is C20H11BrN2O6S. The number of halogens is 1. The summed E-state index contributed by atoms with van der Waals surface area (Å²) in [6, 6.07) is 14.7. The van der Waals surface area contributed by atoms with Crippen LogP contribution in [0.15, 0.2) is 78.0 Å². The van der Waals surface area contributed by atoms with Crippen LogP contribution in [0.5, 0.6) is 0 Å². The highest BCUT2D eigenvalue weighted by Crippen LogP contribution is 2.34. The number of aromatic nitrogens is 1. The van der Waals surface area contributed by atoms with Crippen molar-refractivity contribution in [2.75, 3.05) is 0 Å². The Labute approximate surface area is 181 Å². The molecule has 2 aromatic heterocycles. The fraction of sp³-hybridized carbons (Fsp3) is 0. The summed E-state index contributed by atoms with van der Waals surface area (Å²) in [5, 5.41) is 20.6. The molecule has 0 atom stereocenters. The Kier molecular flexibility index (Phi) is 5.42. The molecule has 0 fully saturated rings. The number of nitrogens with zero attached hydrogens (tertiary/aromatic N) is 2. The first-order valence-corrected chi connectivity index (χ1v) is 10.0. The monoisotopic (exact) mass is 486 g/mol. The molecule has 4 rings (SSSR count). The molecule has 0 aliphatic heterocycles. The van der Waals surface area contributed by atoms with Crippen molar-refractivity contribution in [2.24, 2.45) is 0 Å². The number of carboxylic acids is 1. The summed E-state index contributed by atoms with van der Waals surface area (Å²) >= 11 is 4.17. The molecule has 4 aromatic rings. The highest BCUT2D eigenvalue weighted by Gasteiger charge is 2.17. The van der Waals surface area contributed by atoms with Crippen LogP contribution in [0.2, 0.25) is 0 Å². The zero-order valence-corrected chi connectivity index (χ0v) is 17.3. The minimum absolute atomic E-state index is 0.0368. The molecule has 1 N–H and O–H groups in total. The van der Waals surface area contributed by atoms with Gasteiger partial charge in [-0.1, -0.05) is 12.1 Å². The van der Waals surface area contributed by atoms with Gasteiger partial charge < -0.3 is 13.9 Å². The van der Waals surface area contributed by atoms with Crippen LogP contribution in [-0.2, 0) is 4.79 Å². The van der Waals surface area contributed by atoms with E-state index in [-0.39, 0.29) is 15.8 Å². The number of hydrogen-bond donors (Lipinski definition) is 1. The van der Waals surface area contributed by atoms with Crippen molar-refractivity contribution in [1.29, 1.82) is 0 Å². The third kappa shape index (κ3) is 4.14. The number of oxazole rings is 1. The maximum absolute atomic E-state index is 11.7. The van der Waals surface area contributed by atoms with E-state index in [1.54, 1.807) is 36.4 Å². The first-order chi connectivity index (χ1) is 14.4. The van der Waals surface area contributed by atoms with Crippen LogP contribution in [0.25, 0.3) is 28.5 Å². The van der Waals surface area contributed by atoms with Crippen LogP contribution in [0.1, 0.15) is 5.76 Å². The van der Waals surface area contributed by atoms with Gasteiger partial charge in [0.25, 0.3) is 10.9 Å². The average Bonchev–Trinajstić information content (AvgIpc) is 3.33. The molecule has 30 heavy (non-hydrogen) atoms. The number of carbonyl (C=O) groups is 1. The second-order valence-electron chi connectivity index (χ2n) is 5.99. The number of rotatable bonds is 6. The topological polar surface area (TPSA) is 120 Å². The Morgan fingerprint density at radius 1 is 1.17 bits per heavy atom. The van der Waals surface area contributed by atoms with Crippen molar-refractivity contribution in [3.05, 3.63) is 79.8 Å². The third-order valence-corrected chi connectivity index (χ3v) is 5.53. The number of nitro benzene ring substituents is 1. The maximum atomic E-state index is 11.7. The number of furan rings is 1. The molecule has 0 amide bonds. The van der Waals surface area contributed by atoms with Gasteiger partial charge >= 0.3 is 5.97 Å². The van der Waals surface area contributed by atoms with Gasteiger partial charge in [0.05, 0.1) is 4.92 Å². The molecule has 8 nitrogen and oxygen atoms in total. The molecule has 0 unspecified atom stereocenters. The Morgan fingerprint density at radius 3 is 2.67 bits per heavy atom. The largest absolute Gasteiger partial charge is 0.477 e. The van der Waals surface area contributed by atoms with Gasteiger partial charge in [-0.15, -0.1) is 0 Å². The first-order valence-electron chi connectivity index (χ1n) is 8.43. The highest BCUT2D eigenvalue weighted by atomic mass is 79.9. The van der Waals surface area contributed by atoms with E-state index in [0.29, 0.717) is 32.7 Å². The minimum atomic E-state index is -1.16. The lowest BCUT2D eigenvalue weighted by molar-refractivity contribution is -0.384. The predicted octanol–water partition coefficient (Wildman–Crippen LogP) is 5.98. The zero-order chi connectivity index (χ0) is 21.3. The van der Waals surface area contributed by atoms with E-state index in [2.05, 4.69) is 20.9 Å². The van der Waals surface area contributed by atoms with Gasteiger partial charge in [-0.25, -0.2) is 9.78 Å². The smallest absolute Gasteiger partial charge is 0.342 e. The van der Waals surface area contributed by atoms with Crippen LogP contribution in [0, 0.1) is 10.1 Å². The lowest BCUT2D eigenvalue weighted by Gasteiger charge is -2.01. The summed E-state index contributed by atoms with van der Waals surface area (Å²) < 4.78 is 11.8. The Morgan fingerprint density at radius 2 is 1.97 bits per heavy atom. The lowest BCUT2D eigenvalue weighted by atomic mass is 10.1. The van der Waals surface area contributed by atoms with E-state index in [0.717, 1.165) is 11.8 Å². The Balaban J connectivity index is 1.62. The van der Waals surface area contributed by atoms with Crippen LogP contribution in [0.4, 0.5) is 5.69 Å². The number of non-ortho nitro benzene ring substituents is 1. The fourth-order valence-corrected chi connectivity index (χ4v) is 3.93. The van der Waals surface area contributed by atoms with Gasteiger partial charge in [-0.3, -0.25) is 10.1 Å². The summed E-state index contributed by atoms with van der Waals surface area (Å²) in [5.74, 6) is -0.424. The standard InChI is InChI=1S/C20H11BrN2O6S/c21-14-9-11(23(26)27)5-7-13(14)16-8-6-12(28-16)10-18(19(24)25)30-20-22-15-3-1-2-4-17(15)29-20/h1-10H,(H,24,25)/b18-10-. The molecule has 2 heterocycles. The average molecular weight is 487 g/mol. The van der Waals surface area contributed by atoms with Crippen molar-refractivity contribution < 1.29 is 23.7 Å². The molecule has 0 saturated carbocycles. The summed E-state index contributed by atoms with van der Waals surface area (Å²) in [6.45, 7) is 0. The van der Waals surface area contributed by atoms with E-state index in [1.165, 1.54) is 18.2 Å². The van der Waals surface area contributed by atoms with Gasteiger partial charge in [0, 0.05) is 28.2 Å². The van der Waals surface area contributed by atoms with Crippen molar-refractivity contribution >= 4 is 56.5 Å². The second kappa shape index (κ2) is 8.17. The fourth-order valence-electron chi connectivity index (χ4n) is 2.65. The Bertz CT molecular complexity index is 1280. The molecule has 0 saturated heterocycles. The van der Waals surface area contributed by atoms with E-state index in [1.807, 2.05) is 6.07 Å². The molecule has 0 spiro atoms. The number of hydrogen-bond acceptors (Lipinski definition) is 7. The molecule has 2 aromatic carbocycles. The SMILES string of the molecule is O=C(O)/C(=C/c1ccc(-c2ccc([N+](=O)[O-])cc2Br)o1)Sc1nc2ccccc2o1. The summed E-state index contributed by atoms with van der Waals surface area (Å²) in [5.41, 5.74) is 1.74. The van der Waals surface area contributed by atoms with E-state index in [9.17, 15) is 20.0 Å². The van der Waals surface area contributed by atoms with Crippen molar-refractivity contribution in [1.82, 2.24) is 4.98 Å². The van der Waals surface area contributed by atoms with Crippen LogP contribution in [-0.4, -0.2) is 21.0 Å². The molecule has 150 valence electrons. The number of aliphatic carboxylic acids is 1. The van der Waals surface area contributed by atoms with Gasteiger partial charge in [-0.2, -0.15) is 0 Å².